The van der Waals surface area contributed by atoms with Gasteiger partial charge in [0.05, 0.1) is 17.0 Å². The normalized spacial score (nSPS) is 21.4. The molecule has 10 heteroatoms. The van der Waals surface area contributed by atoms with E-state index in [9.17, 15) is 13.2 Å². The van der Waals surface area contributed by atoms with Crippen LogP contribution in [0.2, 0.25) is 0 Å². The first-order chi connectivity index (χ1) is 12.7. The Balaban J connectivity index is 0.00000392. The van der Waals surface area contributed by atoms with Crippen LogP contribution in [0.4, 0.5) is 0 Å². The van der Waals surface area contributed by atoms with Crippen molar-refractivity contribution in [3.05, 3.63) is 0 Å². The number of nitrogens with zero attached hydrogens (tertiary/aromatic N) is 3. The Hall–Kier alpha value is -0.620. The molecule has 1 unspecified atom stereocenters. The summed E-state index contributed by atoms with van der Waals surface area (Å²) in [4.78, 5) is 20.9. The molecule has 164 valence electrons. The van der Waals surface area contributed by atoms with Crippen LogP contribution in [0, 0.1) is 0 Å². The zero-order valence-corrected chi connectivity index (χ0v) is 20.6. The summed E-state index contributed by atoms with van der Waals surface area (Å²) in [7, 11) is -3.19. The van der Waals surface area contributed by atoms with E-state index in [0.29, 0.717) is 45.3 Å². The van der Waals surface area contributed by atoms with Crippen LogP contribution < -0.4 is 5.32 Å². The summed E-state index contributed by atoms with van der Waals surface area (Å²) in [6.45, 7) is 11.3. The molecule has 2 aliphatic rings. The maximum atomic E-state index is 12.4. The van der Waals surface area contributed by atoms with Gasteiger partial charge >= 0.3 is 0 Å². The Morgan fingerprint density at radius 2 is 1.79 bits per heavy atom. The molecule has 1 N–H and O–H groups in total. The first-order valence-electron chi connectivity index (χ1n) is 9.81. The van der Waals surface area contributed by atoms with E-state index in [-0.39, 0.29) is 48.3 Å². The third kappa shape index (κ3) is 6.72. The van der Waals surface area contributed by atoms with Crippen molar-refractivity contribution in [2.75, 3.05) is 51.6 Å². The summed E-state index contributed by atoms with van der Waals surface area (Å²) >= 11 is 0. The zero-order valence-electron chi connectivity index (χ0n) is 17.4. The lowest BCUT2D eigenvalue weighted by atomic mass is 10.2. The monoisotopic (exact) mass is 530 g/mol. The summed E-state index contributed by atoms with van der Waals surface area (Å²) in [5.41, 5.74) is 0. The lowest BCUT2D eigenvalue weighted by Gasteiger charge is -2.37. The maximum absolute atomic E-state index is 12.4. The van der Waals surface area contributed by atoms with Crippen LogP contribution in [0.15, 0.2) is 4.99 Å². The number of carbonyl (C=O) groups excluding carboxylic acids is 1. The van der Waals surface area contributed by atoms with Gasteiger partial charge in [-0.2, -0.15) is 0 Å². The van der Waals surface area contributed by atoms with Crippen molar-refractivity contribution < 1.29 is 17.9 Å². The van der Waals surface area contributed by atoms with Crippen LogP contribution in [0.1, 0.15) is 40.5 Å². The molecule has 0 aliphatic carbocycles. The molecule has 1 amide bonds. The number of nitrogens with one attached hydrogen (secondary N) is 1. The minimum absolute atomic E-state index is 0. The molecule has 0 spiro atoms. The fourth-order valence-electron chi connectivity index (χ4n) is 3.12. The molecular weight excluding hydrogens is 495 g/mol. The number of piperazine rings is 1. The van der Waals surface area contributed by atoms with E-state index >= 15 is 0 Å². The molecule has 1 atom stereocenters. The summed E-state index contributed by atoms with van der Waals surface area (Å²) < 4.78 is 29.2. The molecule has 2 rings (SSSR count). The first kappa shape index (κ1) is 25.4. The van der Waals surface area contributed by atoms with Gasteiger partial charge in [0.15, 0.2) is 15.8 Å². The standard InChI is InChI=1S/C18H34N4O4S.HI/c1-5-19-17(20-8-14-27(24,25)18(2,3)4)22-11-9-21(10-12-22)16(23)15-7-6-13-26-15;/h15H,5-14H2,1-4H3,(H,19,20);1H. The number of guanidine groups is 1. The Kier molecular flexibility index (Phi) is 9.95. The van der Waals surface area contributed by atoms with Crippen molar-refractivity contribution in [1.29, 1.82) is 0 Å². The number of hydrogen-bond acceptors (Lipinski definition) is 5. The van der Waals surface area contributed by atoms with Crippen LogP contribution in [-0.2, 0) is 19.4 Å². The number of aliphatic imine (C=N–C) groups is 1. The molecule has 0 saturated carbocycles. The number of amides is 1. The lowest BCUT2D eigenvalue weighted by molar-refractivity contribution is -0.142. The van der Waals surface area contributed by atoms with Crippen LogP contribution in [0.25, 0.3) is 0 Å². The number of sulfone groups is 1. The molecule has 2 fully saturated rings. The highest BCUT2D eigenvalue weighted by atomic mass is 127. The average molecular weight is 530 g/mol. The predicted octanol–water partition coefficient (Wildman–Crippen LogP) is 1.11. The molecule has 0 bridgehead atoms. The molecular formula is C18H35IN4O4S. The summed E-state index contributed by atoms with van der Waals surface area (Å²) in [6, 6.07) is 0. The van der Waals surface area contributed by atoms with Gasteiger partial charge in [-0.05, 0) is 40.5 Å². The molecule has 0 aromatic carbocycles. The summed E-state index contributed by atoms with van der Waals surface area (Å²) in [5.74, 6) is 0.833. The number of hydrogen-bond donors (Lipinski definition) is 1. The third-order valence-corrected chi connectivity index (χ3v) is 7.57. The van der Waals surface area contributed by atoms with E-state index in [1.807, 2.05) is 11.8 Å². The maximum Gasteiger partial charge on any atom is 0.251 e. The van der Waals surface area contributed by atoms with Crippen molar-refractivity contribution in [2.45, 2.75) is 51.4 Å². The number of carbonyl (C=O) groups is 1. The van der Waals surface area contributed by atoms with Gasteiger partial charge in [-0.15, -0.1) is 24.0 Å². The second-order valence-corrected chi connectivity index (χ2v) is 10.8. The van der Waals surface area contributed by atoms with Crippen LogP contribution in [0.5, 0.6) is 0 Å². The molecule has 2 heterocycles. The minimum atomic E-state index is -3.19. The van der Waals surface area contributed by atoms with E-state index in [4.69, 9.17) is 4.74 Å². The molecule has 0 radical (unpaired) electrons. The smallest absolute Gasteiger partial charge is 0.251 e. The van der Waals surface area contributed by atoms with Gasteiger partial charge in [-0.1, -0.05) is 0 Å². The van der Waals surface area contributed by atoms with Gasteiger partial charge in [-0.25, -0.2) is 8.42 Å². The van der Waals surface area contributed by atoms with Crippen LogP contribution in [0.3, 0.4) is 0 Å². The van der Waals surface area contributed by atoms with Gasteiger partial charge in [0.25, 0.3) is 5.91 Å². The van der Waals surface area contributed by atoms with E-state index in [2.05, 4.69) is 15.2 Å². The Morgan fingerprint density at radius 1 is 1.18 bits per heavy atom. The van der Waals surface area contributed by atoms with Gasteiger partial charge in [0, 0.05) is 39.3 Å². The van der Waals surface area contributed by atoms with Crippen molar-refractivity contribution in [3.8, 4) is 0 Å². The fourth-order valence-corrected chi connectivity index (χ4v) is 4.06. The zero-order chi connectivity index (χ0) is 20.1. The highest BCUT2D eigenvalue weighted by Gasteiger charge is 2.31. The van der Waals surface area contributed by atoms with E-state index in [1.54, 1.807) is 20.8 Å². The number of rotatable bonds is 5. The van der Waals surface area contributed by atoms with Crippen molar-refractivity contribution in [3.63, 3.8) is 0 Å². The minimum Gasteiger partial charge on any atom is -0.368 e. The molecule has 28 heavy (non-hydrogen) atoms. The number of halogens is 1. The highest BCUT2D eigenvalue weighted by Crippen LogP contribution is 2.17. The van der Waals surface area contributed by atoms with E-state index in [0.717, 1.165) is 12.8 Å². The lowest BCUT2D eigenvalue weighted by Crippen LogP contribution is -2.55. The third-order valence-electron chi connectivity index (χ3n) is 4.99. The summed E-state index contributed by atoms with van der Waals surface area (Å²) in [5, 5.41) is 3.23. The van der Waals surface area contributed by atoms with E-state index in [1.165, 1.54) is 0 Å². The Bertz CT molecular complexity index is 634. The SMILES string of the molecule is CCNC(=NCCS(=O)(=O)C(C)(C)C)N1CCN(C(=O)C2CCCO2)CC1.I. The van der Waals surface area contributed by atoms with Gasteiger partial charge in [-0.3, -0.25) is 9.79 Å². The predicted molar refractivity (Wildman–Crippen MR) is 122 cm³/mol. The molecule has 2 saturated heterocycles. The fraction of sp³-hybridized carbons (Fsp3) is 0.889. The van der Waals surface area contributed by atoms with Crippen LogP contribution in [-0.4, -0.2) is 92.6 Å². The quantitative estimate of drug-likeness (QED) is 0.326. The van der Waals surface area contributed by atoms with Gasteiger partial charge < -0.3 is 19.9 Å². The second-order valence-electron chi connectivity index (χ2n) is 7.98. The largest absolute Gasteiger partial charge is 0.368 e. The van der Waals surface area contributed by atoms with Gasteiger partial charge in [0.2, 0.25) is 0 Å². The highest BCUT2D eigenvalue weighted by molar-refractivity contribution is 14.0. The Labute approximate surface area is 186 Å². The van der Waals surface area contributed by atoms with Crippen molar-refractivity contribution in [2.24, 2.45) is 4.99 Å². The van der Waals surface area contributed by atoms with E-state index < -0.39 is 14.6 Å². The average Bonchev–Trinajstić information content (AvgIpc) is 3.14. The molecule has 0 aromatic rings. The first-order valence-corrected chi connectivity index (χ1v) is 11.5. The van der Waals surface area contributed by atoms with Crippen LogP contribution >= 0.6 is 24.0 Å². The molecule has 8 nitrogen and oxygen atoms in total. The van der Waals surface area contributed by atoms with Crippen molar-refractivity contribution >= 4 is 45.7 Å². The Morgan fingerprint density at radius 3 is 2.29 bits per heavy atom. The van der Waals surface area contributed by atoms with Crippen molar-refractivity contribution in [1.82, 2.24) is 15.1 Å². The molecule has 0 aromatic heterocycles. The van der Waals surface area contributed by atoms with Gasteiger partial charge in [0.1, 0.15) is 6.10 Å². The molecule has 2 aliphatic heterocycles. The topological polar surface area (TPSA) is 91.3 Å². The summed E-state index contributed by atoms with van der Waals surface area (Å²) in [6.07, 6.45) is 1.48. The number of ether oxygens (including phenoxy) is 1. The second kappa shape index (κ2) is 11.0.